The standard InChI is InChI=1S/C10H11ClO2S/c11-8-3-2-7(14-8)9(13)10(6-12)4-1-5-10/h2-3,12H,1,4-6H2. The van der Waals surface area contributed by atoms with E-state index in [1.807, 2.05) is 0 Å². The van der Waals surface area contributed by atoms with Gasteiger partial charge in [0, 0.05) is 0 Å². The van der Waals surface area contributed by atoms with Crippen LogP contribution in [0.3, 0.4) is 0 Å². The fourth-order valence-corrected chi connectivity index (χ4v) is 2.86. The van der Waals surface area contributed by atoms with Gasteiger partial charge in [-0.05, 0) is 25.0 Å². The second kappa shape index (κ2) is 3.65. The Labute approximate surface area is 91.5 Å². The van der Waals surface area contributed by atoms with Gasteiger partial charge in [0.15, 0.2) is 5.78 Å². The molecule has 1 heterocycles. The number of aliphatic hydroxyl groups is 1. The van der Waals surface area contributed by atoms with Crippen LogP contribution in [0.2, 0.25) is 4.34 Å². The molecule has 2 nitrogen and oxygen atoms in total. The van der Waals surface area contributed by atoms with Crippen LogP contribution in [-0.4, -0.2) is 17.5 Å². The summed E-state index contributed by atoms with van der Waals surface area (Å²) in [6.07, 6.45) is 2.64. The average Bonchev–Trinajstić information content (AvgIpc) is 2.50. The van der Waals surface area contributed by atoms with E-state index in [1.165, 1.54) is 11.3 Å². The van der Waals surface area contributed by atoms with Crippen LogP contribution in [0.5, 0.6) is 0 Å². The van der Waals surface area contributed by atoms with Gasteiger partial charge < -0.3 is 5.11 Å². The van der Waals surface area contributed by atoms with Gasteiger partial charge in [-0.15, -0.1) is 11.3 Å². The largest absolute Gasteiger partial charge is 0.395 e. The maximum absolute atomic E-state index is 12.0. The van der Waals surface area contributed by atoms with Crippen LogP contribution in [-0.2, 0) is 0 Å². The van der Waals surface area contributed by atoms with Crippen molar-refractivity contribution in [1.82, 2.24) is 0 Å². The molecule has 4 heteroatoms. The van der Waals surface area contributed by atoms with E-state index in [4.69, 9.17) is 11.6 Å². The van der Waals surface area contributed by atoms with Crippen molar-refractivity contribution in [3.8, 4) is 0 Å². The molecule has 0 radical (unpaired) electrons. The Balaban J connectivity index is 2.23. The number of aliphatic hydroxyl groups excluding tert-OH is 1. The number of hydrogen-bond acceptors (Lipinski definition) is 3. The van der Waals surface area contributed by atoms with E-state index in [0.717, 1.165) is 19.3 Å². The van der Waals surface area contributed by atoms with Gasteiger partial charge in [-0.25, -0.2) is 0 Å². The lowest BCUT2D eigenvalue weighted by atomic mass is 9.66. The van der Waals surface area contributed by atoms with Gasteiger partial charge in [-0.1, -0.05) is 18.0 Å². The van der Waals surface area contributed by atoms with Gasteiger partial charge in [-0.2, -0.15) is 0 Å². The second-order valence-corrected chi connectivity index (χ2v) is 5.44. The van der Waals surface area contributed by atoms with Crippen LogP contribution in [0.15, 0.2) is 12.1 Å². The number of halogens is 1. The number of thiophene rings is 1. The van der Waals surface area contributed by atoms with Crippen LogP contribution >= 0.6 is 22.9 Å². The van der Waals surface area contributed by atoms with Crippen LogP contribution in [0.4, 0.5) is 0 Å². The highest BCUT2D eigenvalue weighted by molar-refractivity contribution is 7.18. The first-order valence-corrected chi connectivity index (χ1v) is 5.78. The van der Waals surface area contributed by atoms with E-state index in [9.17, 15) is 9.90 Å². The molecular formula is C10H11ClO2S. The maximum atomic E-state index is 12.0. The molecule has 0 aromatic carbocycles. The van der Waals surface area contributed by atoms with E-state index < -0.39 is 5.41 Å². The van der Waals surface area contributed by atoms with Gasteiger partial charge in [-0.3, -0.25) is 4.79 Å². The van der Waals surface area contributed by atoms with Gasteiger partial charge in [0.05, 0.1) is 21.2 Å². The van der Waals surface area contributed by atoms with Gasteiger partial charge in [0.1, 0.15) is 0 Å². The topological polar surface area (TPSA) is 37.3 Å². The highest BCUT2D eigenvalue weighted by atomic mass is 35.5. The molecule has 1 N–H and O–H groups in total. The van der Waals surface area contributed by atoms with Gasteiger partial charge >= 0.3 is 0 Å². The maximum Gasteiger partial charge on any atom is 0.181 e. The zero-order valence-electron chi connectivity index (χ0n) is 7.62. The first-order valence-electron chi connectivity index (χ1n) is 4.59. The average molecular weight is 231 g/mol. The molecule has 0 spiro atoms. The number of ketones is 1. The zero-order chi connectivity index (χ0) is 10.2. The molecule has 1 saturated carbocycles. The lowest BCUT2D eigenvalue weighted by molar-refractivity contribution is 0.0352. The van der Waals surface area contributed by atoms with Crippen LogP contribution < -0.4 is 0 Å². The van der Waals surface area contributed by atoms with E-state index in [2.05, 4.69) is 0 Å². The third kappa shape index (κ3) is 1.49. The molecule has 1 fully saturated rings. The predicted molar refractivity (Wildman–Crippen MR) is 57.0 cm³/mol. The first kappa shape index (κ1) is 10.1. The molecule has 1 aliphatic carbocycles. The molecule has 0 bridgehead atoms. The van der Waals surface area contributed by atoms with Gasteiger partial charge in [0.25, 0.3) is 0 Å². The van der Waals surface area contributed by atoms with E-state index in [0.29, 0.717) is 9.21 Å². The SMILES string of the molecule is O=C(c1ccc(Cl)s1)C1(CO)CCC1. The molecule has 0 unspecified atom stereocenters. The molecule has 76 valence electrons. The normalized spacial score (nSPS) is 19.0. The summed E-state index contributed by atoms with van der Waals surface area (Å²) < 4.78 is 0.626. The quantitative estimate of drug-likeness (QED) is 0.811. The molecule has 0 saturated heterocycles. The summed E-state index contributed by atoms with van der Waals surface area (Å²) in [4.78, 5) is 12.7. The van der Waals surface area contributed by atoms with Crippen LogP contribution in [0.1, 0.15) is 28.9 Å². The van der Waals surface area contributed by atoms with Crippen molar-refractivity contribution in [2.45, 2.75) is 19.3 Å². The minimum absolute atomic E-state index is 0.0403. The number of carbonyl (C=O) groups is 1. The lowest BCUT2D eigenvalue weighted by Crippen LogP contribution is -2.41. The number of carbonyl (C=O) groups excluding carboxylic acids is 1. The summed E-state index contributed by atoms with van der Waals surface area (Å²) in [5, 5.41) is 9.23. The molecule has 1 aromatic rings. The first-order chi connectivity index (χ1) is 6.68. The van der Waals surface area contributed by atoms with E-state index >= 15 is 0 Å². The Morgan fingerprint density at radius 1 is 1.57 bits per heavy atom. The van der Waals surface area contributed by atoms with Gasteiger partial charge in [0.2, 0.25) is 0 Å². The van der Waals surface area contributed by atoms with Crippen LogP contribution in [0.25, 0.3) is 0 Å². The monoisotopic (exact) mass is 230 g/mol. The molecule has 2 rings (SSSR count). The van der Waals surface area contributed by atoms with Crippen molar-refractivity contribution in [1.29, 1.82) is 0 Å². The fourth-order valence-electron chi connectivity index (χ4n) is 1.76. The van der Waals surface area contributed by atoms with Crippen LogP contribution in [0, 0.1) is 5.41 Å². The molecular weight excluding hydrogens is 220 g/mol. The second-order valence-electron chi connectivity index (χ2n) is 3.72. The number of hydrogen-bond donors (Lipinski definition) is 1. The molecule has 0 amide bonds. The van der Waals surface area contributed by atoms with Crippen molar-refractivity contribution in [2.24, 2.45) is 5.41 Å². The Bertz CT molecular complexity index is 349. The van der Waals surface area contributed by atoms with E-state index in [-0.39, 0.29) is 12.4 Å². The Kier molecular flexibility index (Phi) is 2.64. The van der Waals surface area contributed by atoms with Crippen molar-refractivity contribution in [3.63, 3.8) is 0 Å². The van der Waals surface area contributed by atoms with Crippen molar-refractivity contribution in [2.75, 3.05) is 6.61 Å². The summed E-state index contributed by atoms with van der Waals surface area (Å²) in [5.41, 5.74) is -0.492. The number of rotatable bonds is 3. The third-order valence-electron chi connectivity index (χ3n) is 2.89. The summed E-state index contributed by atoms with van der Waals surface area (Å²) in [7, 11) is 0. The summed E-state index contributed by atoms with van der Waals surface area (Å²) in [5.74, 6) is 0.0585. The predicted octanol–water partition coefficient (Wildman–Crippen LogP) is 2.75. The summed E-state index contributed by atoms with van der Waals surface area (Å²) in [6.45, 7) is -0.0403. The zero-order valence-corrected chi connectivity index (χ0v) is 9.20. The summed E-state index contributed by atoms with van der Waals surface area (Å²) in [6, 6.07) is 3.47. The highest BCUT2D eigenvalue weighted by Crippen LogP contribution is 2.44. The smallest absolute Gasteiger partial charge is 0.181 e. The van der Waals surface area contributed by atoms with Crippen molar-refractivity contribution >= 4 is 28.7 Å². The Morgan fingerprint density at radius 3 is 2.64 bits per heavy atom. The minimum Gasteiger partial charge on any atom is -0.395 e. The summed E-state index contributed by atoms with van der Waals surface area (Å²) >= 11 is 7.05. The Hall–Kier alpha value is -0.380. The molecule has 0 atom stereocenters. The lowest BCUT2D eigenvalue weighted by Gasteiger charge is -2.38. The minimum atomic E-state index is -0.492. The Morgan fingerprint density at radius 2 is 2.29 bits per heavy atom. The fraction of sp³-hybridized carbons (Fsp3) is 0.500. The van der Waals surface area contributed by atoms with Crippen molar-refractivity contribution in [3.05, 3.63) is 21.3 Å². The molecule has 0 aliphatic heterocycles. The van der Waals surface area contributed by atoms with E-state index in [1.54, 1.807) is 12.1 Å². The molecule has 14 heavy (non-hydrogen) atoms. The molecule has 1 aromatic heterocycles. The van der Waals surface area contributed by atoms with Crippen molar-refractivity contribution < 1.29 is 9.90 Å². The number of Topliss-reactive ketones (excluding diaryl/α,β-unsaturated/α-hetero) is 1. The molecule has 1 aliphatic rings. The third-order valence-corrected chi connectivity index (χ3v) is 4.12. The highest BCUT2D eigenvalue weighted by Gasteiger charge is 2.44.